The molecule has 1 aromatic heterocycles. The molecular weight excluding hydrogens is 246 g/mol. The second-order valence-corrected chi connectivity index (χ2v) is 6.37. The van der Waals surface area contributed by atoms with Crippen LogP contribution in [-0.4, -0.2) is 25.2 Å². The molecule has 3 N–H and O–H groups in total. The lowest BCUT2D eigenvalue weighted by molar-refractivity contribution is 0.150. The number of ether oxygens (including phenoxy) is 1. The summed E-state index contributed by atoms with van der Waals surface area (Å²) in [5, 5.41) is 6.53. The molecule has 0 saturated heterocycles. The first kappa shape index (κ1) is 15.6. The van der Waals surface area contributed by atoms with Gasteiger partial charge in [0.15, 0.2) is 0 Å². The number of thiazole rings is 1. The summed E-state index contributed by atoms with van der Waals surface area (Å²) in [4.78, 5) is 4.50. The van der Waals surface area contributed by atoms with Crippen molar-refractivity contribution in [1.82, 2.24) is 10.3 Å². The average molecular weight is 271 g/mol. The third kappa shape index (κ3) is 5.44. The van der Waals surface area contributed by atoms with E-state index in [4.69, 9.17) is 10.5 Å². The monoisotopic (exact) mass is 271 g/mol. The van der Waals surface area contributed by atoms with Crippen LogP contribution in [0.2, 0.25) is 0 Å². The van der Waals surface area contributed by atoms with Gasteiger partial charge in [-0.25, -0.2) is 4.98 Å². The molecule has 1 aromatic rings. The van der Waals surface area contributed by atoms with E-state index in [9.17, 15) is 0 Å². The summed E-state index contributed by atoms with van der Waals surface area (Å²) in [6.45, 7) is 9.02. The van der Waals surface area contributed by atoms with Gasteiger partial charge in [-0.1, -0.05) is 13.8 Å². The van der Waals surface area contributed by atoms with Gasteiger partial charge in [0.2, 0.25) is 0 Å². The Bertz CT molecular complexity index is 350. The molecule has 5 heteroatoms. The smallest absolute Gasteiger partial charge is 0.109 e. The maximum atomic E-state index is 5.79. The van der Waals surface area contributed by atoms with E-state index < -0.39 is 0 Å². The highest BCUT2D eigenvalue weighted by Gasteiger charge is 2.17. The summed E-state index contributed by atoms with van der Waals surface area (Å²) < 4.78 is 5.12. The first-order valence-electron chi connectivity index (χ1n) is 6.34. The number of nitrogens with one attached hydrogen (secondary N) is 1. The summed E-state index contributed by atoms with van der Waals surface area (Å²) in [5.74, 6) is 0. The van der Waals surface area contributed by atoms with E-state index in [0.29, 0.717) is 0 Å². The van der Waals surface area contributed by atoms with E-state index in [2.05, 4.69) is 29.5 Å². The highest BCUT2D eigenvalue weighted by molar-refractivity contribution is 7.09. The molecule has 0 bridgehead atoms. The minimum Gasteiger partial charge on any atom is -0.385 e. The molecular formula is C13H25N3OS. The van der Waals surface area contributed by atoms with Crippen molar-refractivity contribution in [3.63, 3.8) is 0 Å². The van der Waals surface area contributed by atoms with Gasteiger partial charge in [0.25, 0.3) is 0 Å². The standard InChI is InChI=1S/C13H25N3OS/c1-10(14)12-16-11(8-18-12)7-15-9-13(2,3)5-6-17-4/h8,10,15H,5-7,9,14H2,1-4H3. The Labute approximate surface area is 114 Å². The first-order chi connectivity index (χ1) is 8.44. The lowest BCUT2D eigenvalue weighted by Crippen LogP contribution is -2.30. The number of rotatable bonds is 8. The zero-order chi connectivity index (χ0) is 13.6. The minimum atomic E-state index is 0.0295. The predicted octanol–water partition coefficient (Wildman–Crippen LogP) is 2.32. The van der Waals surface area contributed by atoms with Crippen LogP contribution in [0.15, 0.2) is 5.38 Å². The van der Waals surface area contributed by atoms with Gasteiger partial charge < -0.3 is 15.8 Å². The second kappa shape index (κ2) is 7.19. The molecule has 1 atom stereocenters. The minimum absolute atomic E-state index is 0.0295. The Morgan fingerprint density at radius 1 is 1.56 bits per heavy atom. The molecule has 0 saturated carbocycles. The number of nitrogens with two attached hydrogens (primary N) is 1. The molecule has 4 nitrogen and oxygen atoms in total. The Morgan fingerprint density at radius 2 is 2.28 bits per heavy atom. The van der Waals surface area contributed by atoms with Crippen molar-refractivity contribution in [2.45, 2.75) is 39.8 Å². The van der Waals surface area contributed by atoms with Crippen LogP contribution in [0.25, 0.3) is 0 Å². The van der Waals surface area contributed by atoms with E-state index in [1.807, 2.05) is 6.92 Å². The highest BCUT2D eigenvalue weighted by Crippen LogP contribution is 2.19. The SMILES string of the molecule is COCCC(C)(C)CNCc1csc(C(C)N)n1. The van der Waals surface area contributed by atoms with E-state index in [1.54, 1.807) is 18.4 Å². The fraction of sp³-hybridized carbons (Fsp3) is 0.769. The Hall–Kier alpha value is -0.490. The quantitative estimate of drug-likeness (QED) is 0.762. The van der Waals surface area contributed by atoms with Crippen LogP contribution in [-0.2, 0) is 11.3 Å². The lowest BCUT2D eigenvalue weighted by atomic mass is 9.90. The Balaban J connectivity index is 2.32. The van der Waals surface area contributed by atoms with E-state index >= 15 is 0 Å². The molecule has 0 amide bonds. The predicted molar refractivity (Wildman–Crippen MR) is 76.7 cm³/mol. The maximum absolute atomic E-state index is 5.79. The Kier molecular flexibility index (Phi) is 6.21. The van der Waals surface area contributed by atoms with Crippen LogP contribution < -0.4 is 11.1 Å². The van der Waals surface area contributed by atoms with Gasteiger partial charge in [-0.05, 0) is 18.8 Å². The van der Waals surface area contributed by atoms with E-state index in [-0.39, 0.29) is 11.5 Å². The fourth-order valence-electron chi connectivity index (χ4n) is 1.61. The molecule has 0 aliphatic carbocycles. The summed E-state index contributed by atoms with van der Waals surface area (Å²) in [6, 6.07) is 0.0295. The van der Waals surface area contributed by atoms with Gasteiger partial charge >= 0.3 is 0 Å². The van der Waals surface area contributed by atoms with Crippen LogP contribution in [0.4, 0.5) is 0 Å². The van der Waals surface area contributed by atoms with Gasteiger partial charge in [-0.15, -0.1) is 11.3 Å². The number of aromatic nitrogens is 1. The summed E-state index contributed by atoms with van der Waals surface area (Å²) >= 11 is 1.63. The first-order valence-corrected chi connectivity index (χ1v) is 7.22. The van der Waals surface area contributed by atoms with Crippen molar-refractivity contribution >= 4 is 11.3 Å². The third-order valence-corrected chi connectivity index (χ3v) is 3.95. The Morgan fingerprint density at radius 3 is 2.83 bits per heavy atom. The van der Waals surface area contributed by atoms with Crippen molar-refractivity contribution in [1.29, 1.82) is 0 Å². The fourth-order valence-corrected chi connectivity index (χ4v) is 2.39. The van der Waals surface area contributed by atoms with Crippen LogP contribution >= 0.6 is 11.3 Å². The summed E-state index contributed by atoms with van der Waals surface area (Å²) in [5.41, 5.74) is 7.12. The molecule has 0 fully saturated rings. The molecule has 0 radical (unpaired) electrons. The van der Waals surface area contributed by atoms with Crippen molar-refractivity contribution in [2.75, 3.05) is 20.3 Å². The molecule has 1 heterocycles. The van der Waals surface area contributed by atoms with Crippen LogP contribution in [0.5, 0.6) is 0 Å². The van der Waals surface area contributed by atoms with Crippen LogP contribution in [0.3, 0.4) is 0 Å². The maximum Gasteiger partial charge on any atom is 0.109 e. The average Bonchev–Trinajstić information content (AvgIpc) is 2.75. The van der Waals surface area contributed by atoms with Crippen molar-refractivity contribution in [3.8, 4) is 0 Å². The van der Waals surface area contributed by atoms with E-state index in [0.717, 1.165) is 36.8 Å². The molecule has 0 aliphatic heterocycles. The van der Waals surface area contributed by atoms with Crippen molar-refractivity contribution < 1.29 is 4.74 Å². The molecule has 1 rings (SSSR count). The summed E-state index contributed by atoms with van der Waals surface area (Å²) in [7, 11) is 1.74. The number of nitrogens with zero attached hydrogens (tertiary/aromatic N) is 1. The van der Waals surface area contributed by atoms with Gasteiger partial charge in [-0.3, -0.25) is 0 Å². The second-order valence-electron chi connectivity index (χ2n) is 5.48. The topological polar surface area (TPSA) is 60.2 Å². The normalized spacial score (nSPS) is 13.8. The summed E-state index contributed by atoms with van der Waals surface area (Å²) in [6.07, 6.45) is 1.05. The van der Waals surface area contributed by atoms with Crippen molar-refractivity contribution in [3.05, 3.63) is 16.1 Å². The number of hydrogen-bond acceptors (Lipinski definition) is 5. The molecule has 0 aromatic carbocycles. The van der Waals surface area contributed by atoms with Crippen LogP contribution in [0, 0.1) is 5.41 Å². The van der Waals surface area contributed by atoms with Gasteiger partial charge in [0, 0.05) is 32.2 Å². The number of hydrogen-bond donors (Lipinski definition) is 2. The van der Waals surface area contributed by atoms with E-state index in [1.165, 1.54) is 0 Å². The zero-order valence-electron chi connectivity index (χ0n) is 11.8. The molecule has 18 heavy (non-hydrogen) atoms. The number of methoxy groups -OCH3 is 1. The molecule has 1 unspecified atom stereocenters. The van der Waals surface area contributed by atoms with Crippen molar-refractivity contribution in [2.24, 2.45) is 11.1 Å². The van der Waals surface area contributed by atoms with Crippen LogP contribution in [0.1, 0.15) is 43.9 Å². The lowest BCUT2D eigenvalue weighted by Gasteiger charge is -2.24. The molecule has 0 spiro atoms. The van der Waals surface area contributed by atoms with Gasteiger partial charge in [-0.2, -0.15) is 0 Å². The molecule has 0 aliphatic rings. The molecule has 104 valence electrons. The zero-order valence-corrected chi connectivity index (χ0v) is 12.6. The van der Waals surface area contributed by atoms with Gasteiger partial charge in [0.05, 0.1) is 11.7 Å². The van der Waals surface area contributed by atoms with Gasteiger partial charge in [0.1, 0.15) is 5.01 Å². The third-order valence-electron chi connectivity index (χ3n) is 2.85. The largest absolute Gasteiger partial charge is 0.385 e. The highest BCUT2D eigenvalue weighted by atomic mass is 32.1.